The van der Waals surface area contributed by atoms with Crippen molar-refractivity contribution in [2.45, 2.75) is 104 Å². The van der Waals surface area contributed by atoms with E-state index < -0.39 is 0 Å². The van der Waals surface area contributed by atoms with Crippen molar-refractivity contribution in [3.63, 3.8) is 0 Å². The van der Waals surface area contributed by atoms with E-state index in [1.807, 2.05) is 0 Å². The Morgan fingerprint density at radius 3 is 1.79 bits per heavy atom. The molecule has 29 heavy (non-hydrogen) atoms. The lowest BCUT2D eigenvalue weighted by molar-refractivity contribution is -0.140. The highest BCUT2D eigenvalue weighted by molar-refractivity contribution is 5.77. The second kappa shape index (κ2) is 16.0. The van der Waals surface area contributed by atoms with Crippen LogP contribution in [-0.2, 0) is 9.59 Å². The molecule has 0 N–H and O–H groups in total. The summed E-state index contributed by atoms with van der Waals surface area (Å²) in [6.45, 7) is 6.35. The lowest BCUT2D eigenvalue weighted by Crippen LogP contribution is -2.21. The number of rotatable bonds is 16. The second-order valence-corrected chi connectivity index (χ2v) is 7.84. The number of benzene rings is 1. The van der Waals surface area contributed by atoms with E-state index in [0.29, 0.717) is 17.9 Å². The van der Waals surface area contributed by atoms with Crippen LogP contribution < -0.4 is 9.47 Å². The Kier molecular flexibility index (Phi) is 13.9. The van der Waals surface area contributed by atoms with Gasteiger partial charge >= 0.3 is 11.9 Å². The zero-order valence-corrected chi connectivity index (χ0v) is 18.7. The molecule has 0 atom stereocenters. The zero-order valence-electron chi connectivity index (χ0n) is 18.7. The summed E-state index contributed by atoms with van der Waals surface area (Å²) in [4.78, 5) is 24.7. The van der Waals surface area contributed by atoms with Crippen molar-refractivity contribution < 1.29 is 19.1 Å². The molecule has 0 aliphatic rings. The van der Waals surface area contributed by atoms with Gasteiger partial charge in [-0.3, -0.25) is 9.59 Å². The van der Waals surface area contributed by atoms with E-state index in [1.165, 1.54) is 38.5 Å². The van der Waals surface area contributed by atoms with E-state index in [1.54, 1.807) is 24.3 Å². The van der Waals surface area contributed by atoms with Crippen LogP contribution >= 0.6 is 0 Å². The minimum atomic E-state index is -0.266. The molecule has 1 aromatic carbocycles. The maximum Gasteiger partial charge on any atom is 0.314 e. The average molecular weight is 405 g/mol. The van der Waals surface area contributed by atoms with Crippen LogP contribution in [0.5, 0.6) is 11.5 Å². The molecular formula is C25H40O4. The molecule has 0 aliphatic carbocycles. The molecule has 1 rings (SSSR count). The number of ether oxygens (including phenoxy) is 2. The summed E-state index contributed by atoms with van der Waals surface area (Å²) in [7, 11) is 0. The largest absolute Gasteiger partial charge is 0.423 e. The summed E-state index contributed by atoms with van der Waals surface area (Å²) in [5, 5.41) is 0. The highest BCUT2D eigenvalue weighted by Gasteiger charge is 2.21. The van der Waals surface area contributed by atoms with Crippen LogP contribution in [-0.4, -0.2) is 11.9 Å². The van der Waals surface area contributed by atoms with E-state index in [0.717, 1.165) is 38.5 Å². The second-order valence-electron chi connectivity index (χ2n) is 7.84. The summed E-state index contributed by atoms with van der Waals surface area (Å²) < 4.78 is 11.1. The first-order valence-electron chi connectivity index (χ1n) is 11.6. The van der Waals surface area contributed by atoms with Gasteiger partial charge in [0.2, 0.25) is 0 Å². The van der Waals surface area contributed by atoms with E-state index in [-0.39, 0.29) is 17.9 Å². The van der Waals surface area contributed by atoms with Gasteiger partial charge in [0.05, 0.1) is 5.92 Å². The third-order valence-electron chi connectivity index (χ3n) is 5.13. The first-order chi connectivity index (χ1) is 14.1. The smallest absolute Gasteiger partial charge is 0.314 e. The highest BCUT2D eigenvalue weighted by atomic mass is 16.6. The van der Waals surface area contributed by atoms with E-state index in [9.17, 15) is 9.59 Å². The fourth-order valence-corrected chi connectivity index (χ4v) is 3.46. The molecule has 4 heteroatoms. The number of esters is 2. The van der Waals surface area contributed by atoms with Gasteiger partial charge < -0.3 is 9.47 Å². The summed E-state index contributed by atoms with van der Waals surface area (Å²) >= 11 is 0. The van der Waals surface area contributed by atoms with Gasteiger partial charge in [0.1, 0.15) is 0 Å². The summed E-state index contributed by atoms with van der Waals surface area (Å²) in [6, 6.07) is 6.94. The standard InChI is InChI=1S/C25H40O4/c1-4-7-8-9-10-11-12-13-20-24(26)28-22-18-14-15-19-23(22)29-25(27)21(16-5-2)17-6-3/h14-15,18-19,21H,4-13,16-17,20H2,1-3H3. The molecule has 0 saturated heterocycles. The van der Waals surface area contributed by atoms with Crippen LogP contribution in [0.15, 0.2) is 24.3 Å². The van der Waals surface area contributed by atoms with Gasteiger partial charge in [0.25, 0.3) is 0 Å². The quantitative estimate of drug-likeness (QED) is 0.165. The van der Waals surface area contributed by atoms with Crippen LogP contribution in [0.2, 0.25) is 0 Å². The van der Waals surface area contributed by atoms with Crippen molar-refractivity contribution in [2.75, 3.05) is 0 Å². The maximum atomic E-state index is 12.5. The Bertz CT molecular complexity index is 576. The summed E-state index contributed by atoms with van der Waals surface area (Å²) in [5.41, 5.74) is 0. The number of carbonyl (C=O) groups excluding carboxylic acids is 2. The van der Waals surface area contributed by atoms with Gasteiger partial charge in [0, 0.05) is 6.42 Å². The molecule has 0 amide bonds. The van der Waals surface area contributed by atoms with Gasteiger partial charge in [-0.15, -0.1) is 0 Å². The number of para-hydroxylation sites is 2. The molecule has 4 nitrogen and oxygen atoms in total. The highest BCUT2D eigenvalue weighted by Crippen LogP contribution is 2.29. The van der Waals surface area contributed by atoms with Crippen molar-refractivity contribution in [1.29, 1.82) is 0 Å². The lowest BCUT2D eigenvalue weighted by Gasteiger charge is -2.16. The van der Waals surface area contributed by atoms with E-state index in [2.05, 4.69) is 20.8 Å². The first-order valence-corrected chi connectivity index (χ1v) is 11.6. The Morgan fingerprint density at radius 2 is 1.24 bits per heavy atom. The molecule has 0 fully saturated rings. The van der Waals surface area contributed by atoms with Crippen molar-refractivity contribution in [1.82, 2.24) is 0 Å². The maximum absolute atomic E-state index is 12.5. The van der Waals surface area contributed by atoms with E-state index in [4.69, 9.17) is 9.47 Å². The van der Waals surface area contributed by atoms with Gasteiger partial charge in [0.15, 0.2) is 11.5 Å². The fraction of sp³-hybridized carbons (Fsp3) is 0.680. The molecule has 0 heterocycles. The predicted octanol–water partition coefficient (Wildman–Crippen LogP) is 7.24. The van der Waals surface area contributed by atoms with Gasteiger partial charge in [-0.25, -0.2) is 0 Å². The summed E-state index contributed by atoms with van der Waals surface area (Å²) in [6.07, 6.45) is 13.4. The topological polar surface area (TPSA) is 52.6 Å². The normalized spacial score (nSPS) is 10.9. The lowest BCUT2D eigenvalue weighted by atomic mass is 9.99. The van der Waals surface area contributed by atoms with Crippen LogP contribution in [0.1, 0.15) is 104 Å². The first kappa shape index (κ1) is 25.2. The predicted molar refractivity (Wildman–Crippen MR) is 118 cm³/mol. The molecule has 0 aromatic heterocycles. The Hall–Kier alpha value is -1.84. The Morgan fingerprint density at radius 1 is 0.724 bits per heavy atom. The Balaban J connectivity index is 2.44. The van der Waals surface area contributed by atoms with Crippen LogP contribution in [0, 0.1) is 5.92 Å². The summed E-state index contributed by atoms with van der Waals surface area (Å²) in [5.74, 6) is 0.0562. The molecule has 0 radical (unpaired) electrons. The van der Waals surface area contributed by atoms with Crippen molar-refractivity contribution >= 4 is 11.9 Å². The third kappa shape index (κ3) is 11.1. The van der Waals surface area contributed by atoms with Gasteiger partial charge in [-0.2, -0.15) is 0 Å². The van der Waals surface area contributed by atoms with Crippen LogP contribution in [0.25, 0.3) is 0 Å². The van der Waals surface area contributed by atoms with Gasteiger partial charge in [-0.05, 0) is 31.4 Å². The number of unbranched alkanes of at least 4 members (excludes halogenated alkanes) is 7. The van der Waals surface area contributed by atoms with Crippen molar-refractivity contribution in [3.8, 4) is 11.5 Å². The van der Waals surface area contributed by atoms with Crippen molar-refractivity contribution in [2.24, 2.45) is 5.92 Å². The zero-order chi connectivity index (χ0) is 21.3. The molecule has 0 unspecified atom stereocenters. The molecule has 0 saturated carbocycles. The van der Waals surface area contributed by atoms with E-state index >= 15 is 0 Å². The molecule has 164 valence electrons. The average Bonchev–Trinajstić information content (AvgIpc) is 2.71. The monoisotopic (exact) mass is 404 g/mol. The number of hydrogen-bond acceptors (Lipinski definition) is 4. The molecule has 1 aromatic rings. The Labute approximate surface area is 177 Å². The van der Waals surface area contributed by atoms with Crippen molar-refractivity contribution in [3.05, 3.63) is 24.3 Å². The SMILES string of the molecule is CCCCCCCCCCC(=O)Oc1ccccc1OC(=O)C(CCC)CCC. The number of carbonyl (C=O) groups is 2. The van der Waals surface area contributed by atoms with Crippen LogP contribution in [0.4, 0.5) is 0 Å². The fourth-order valence-electron chi connectivity index (χ4n) is 3.46. The third-order valence-corrected chi connectivity index (χ3v) is 5.13. The van der Waals surface area contributed by atoms with Gasteiger partial charge in [-0.1, -0.05) is 90.7 Å². The molecule has 0 bridgehead atoms. The number of hydrogen-bond donors (Lipinski definition) is 0. The molecule has 0 spiro atoms. The minimum absolute atomic E-state index is 0.105. The molecular weight excluding hydrogens is 364 g/mol. The minimum Gasteiger partial charge on any atom is -0.423 e. The van der Waals surface area contributed by atoms with Crippen LogP contribution in [0.3, 0.4) is 0 Å². The molecule has 0 aliphatic heterocycles.